The van der Waals surface area contributed by atoms with Crippen LogP contribution in [0.15, 0.2) is 24.3 Å². The van der Waals surface area contributed by atoms with Gasteiger partial charge in [-0.2, -0.15) is 0 Å². The minimum Gasteiger partial charge on any atom is -0.381 e. The lowest BCUT2D eigenvalue weighted by Gasteiger charge is -2.34. The second kappa shape index (κ2) is 5.70. The fraction of sp³-hybridized carbons (Fsp3) is 0.625. The molecule has 1 aromatic carbocycles. The first-order valence-electron chi connectivity index (χ1n) is 7.45. The van der Waals surface area contributed by atoms with Crippen molar-refractivity contribution < 1.29 is 9.13 Å². The van der Waals surface area contributed by atoms with E-state index in [1.807, 2.05) is 24.1 Å². The lowest BCUT2D eigenvalue weighted by Crippen LogP contribution is -2.44. The fourth-order valence-corrected chi connectivity index (χ4v) is 2.97. The zero-order chi connectivity index (χ0) is 14.0. The highest BCUT2D eigenvalue weighted by Gasteiger charge is 2.37. The van der Waals surface area contributed by atoms with Crippen molar-refractivity contribution in [2.45, 2.75) is 25.3 Å². The number of halogens is 1. The van der Waals surface area contributed by atoms with Crippen molar-refractivity contribution in [3.05, 3.63) is 30.1 Å². The first-order valence-corrected chi connectivity index (χ1v) is 7.45. The van der Waals surface area contributed by atoms with E-state index in [0.29, 0.717) is 11.7 Å². The third-order valence-electron chi connectivity index (χ3n) is 4.36. The average molecular weight is 278 g/mol. The van der Waals surface area contributed by atoms with E-state index in [-0.39, 0.29) is 11.2 Å². The summed E-state index contributed by atoms with van der Waals surface area (Å²) >= 11 is 0. The summed E-state index contributed by atoms with van der Waals surface area (Å²) in [5.41, 5.74) is 0.782. The molecule has 0 radical (unpaired) electrons. The summed E-state index contributed by atoms with van der Waals surface area (Å²) in [5.74, 6) is -0.154. The van der Waals surface area contributed by atoms with Crippen molar-refractivity contribution in [1.29, 1.82) is 0 Å². The molecule has 1 N–H and O–H groups in total. The molecule has 3 rings (SSSR count). The van der Waals surface area contributed by atoms with Crippen LogP contribution in [0.3, 0.4) is 0 Å². The molecule has 1 atom stereocenters. The van der Waals surface area contributed by atoms with Gasteiger partial charge in [0.1, 0.15) is 5.82 Å². The lowest BCUT2D eigenvalue weighted by molar-refractivity contribution is 0.152. The predicted octanol–water partition coefficient (Wildman–Crippen LogP) is 2.42. The highest BCUT2D eigenvalue weighted by atomic mass is 19.1. The second-order valence-electron chi connectivity index (χ2n) is 6.27. The van der Waals surface area contributed by atoms with Crippen molar-refractivity contribution in [3.63, 3.8) is 0 Å². The van der Waals surface area contributed by atoms with E-state index in [9.17, 15) is 4.39 Å². The number of anilines is 1. The van der Waals surface area contributed by atoms with Crippen LogP contribution in [0.4, 0.5) is 10.1 Å². The Balaban J connectivity index is 1.67. The number of nitrogens with zero attached hydrogens (tertiary/aromatic N) is 1. The van der Waals surface area contributed by atoms with E-state index in [0.717, 1.165) is 32.7 Å². The molecular weight excluding hydrogens is 255 g/mol. The van der Waals surface area contributed by atoms with Gasteiger partial charge in [-0.05, 0) is 31.4 Å². The SMILES string of the molecule is CN(CC1(CNC2CC2)CCOC1)c1ccccc1F. The minimum absolute atomic E-state index is 0.111. The van der Waals surface area contributed by atoms with Gasteiger partial charge in [0, 0.05) is 38.2 Å². The van der Waals surface area contributed by atoms with Gasteiger partial charge in [0.2, 0.25) is 0 Å². The topological polar surface area (TPSA) is 24.5 Å². The Morgan fingerprint density at radius 2 is 2.20 bits per heavy atom. The number of benzene rings is 1. The van der Waals surface area contributed by atoms with Crippen LogP contribution in [0.5, 0.6) is 0 Å². The summed E-state index contributed by atoms with van der Waals surface area (Å²) in [7, 11) is 1.97. The Labute approximate surface area is 120 Å². The second-order valence-corrected chi connectivity index (χ2v) is 6.27. The third kappa shape index (κ3) is 3.13. The Bertz CT molecular complexity index is 456. The normalized spacial score (nSPS) is 25.9. The highest BCUT2D eigenvalue weighted by molar-refractivity contribution is 5.47. The maximum absolute atomic E-state index is 13.9. The predicted molar refractivity (Wildman–Crippen MR) is 78.6 cm³/mol. The van der Waals surface area contributed by atoms with Gasteiger partial charge in [-0.3, -0.25) is 0 Å². The molecule has 1 aromatic rings. The Morgan fingerprint density at radius 1 is 1.40 bits per heavy atom. The van der Waals surface area contributed by atoms with Crippen molar-refractivity contribution in [2.24, 2.45) is 5.41 Å². The van der Waals surface area contributed by atoms with Crippen molar-refractivity contribution in [2.75, 3.05) is 38.3 Å². The number of nitrogens with one attached hydrogen (secondary N) is 1. The molecule has 1 aliphatic carbocycles. The molecule has 1 saturated carbocycles. The van der Waals surface area contributed by atoms with E-state index in [2.05, 4.69) is 5.32 Å². The molecule has 2 aliphatic rings. The van der Waals surface area contributed by atoms with Crippen LogP contribution in [0.1, 0.15) is 19.3 Å². The van der Waals surface area contributed by atoms with Gasteiger partial charge in [0.15, 0.2) is 0 Å². The number of hydrogen-bond acceptors (Lipinski definition) is 3. The summed E-state index contributed by atoms with van der Waals surface area (Å²) < 4.78 is 19.5. The van der Waals surface area contributed by atoms with Crippen LogP contribution in [0, 0.1) is 11.2 Å². The van der Waals surface area contributed by atoms with Gasteiger partial charge in [-0.15, -0.1) is 0 Å². The maximum Gasteiger partial charge on any atom is 0.146 e. The molecule has 3 nitrogen and oxygen atoms in total. The largest absolute Gasteiger partial charge is 0.381 e. The molecule has 1 unspecified atom stereocenters. The van der Waals surface area contributed by atoms with Crippen LogP contribution in [0.25, 0.3) is 0 Å². The minimum atomic E-state index is -0.154. The van der Waals surface area contributed by atoms with E-state index in [1.165, 1.54) is 18.9 Å². The molecular formula is C16H23FN2O. The van der Waals surface area contributed by atoms with Crippen LogP contribution < -0.4 is 10.2 Å². The standard InChI is InChI=1S/C16H23FN2O/c1-19(15-5-3-2-4-14(15)17)11-16(8-9-20-12-16)10-18-13-6-7-13/h2-5,13,18H,6-12H2,1H3. The summed E-state index contributed by atoms with van der Waals surface area (Å²) in [6, 6.07) is 7.68. The first-order chi connectivity index (χ1) is 9.69. The van der Waals surface area contributed by atoms with Gasteiger partial charge < -0.3 is 15.0 Å². The van der Waals surface area contributed by atoms with E-state index < -0.39 is 0 Å². The smallest absolute Gasteiger partial charge is 0.146 e. The maximum atomic E-state index is 13.9. The van der Waals surface area contributed by atoms with Crippen LogP contribution in [0.2, 0.25) is 0 Å². The summed E-state index contributed by atoms with van der Waals surface area (Å²) in [6.07, 6.45) is 3.63. The van der Waals surface area contributed by atoms with Crippen LogP contribution in [-0.2, 0) is 4.74 Å². The molecule has 20 heavy (non-hydrogen) atoms. The monoisotopic (exact) mass is 278 g/mol. The molecule has 2 fully saturated rings. The number of hydrogen-bond donors (Lipinski definition) is 1. The van der Waals surface area contributed by atoms with Gasteiger partial charge in [0.25, 0.3) is 0 Å². The highest BCUT2D eigenvalue weighted by Crippen LogP contribution is 2.32. The summed E-state index contributed by atoms with van der Waals surface area (Å²) in [5, 5.41) is 3.61. The molecule has 4 heteroatoms. The van der Waals surface area contributed by atoms with Crippen LogP contribution in [-0.4, -0.2) is 39.4 Å². The van der Waals surface area contributed by atoms with E-state index in [1.54, 1.807) is 6.07 Å². The summed E-state index contributed by atoms with van der Waals surface area (Å²) in [6.45, 7) is 3.38. The first kappa shape index (κ1) is 13.8. The quantitative estimate of drug-likeness (QED) is 0.865. The lowest BCUT2D eigenvalue weighted by atomic mass is 9.86. The van der Waals surface area contributed by atoms with Crippen molar-refractivity contribution in [1.82, 2.24) is 5.32 Å². The number of para-hydroxylation sites is 1. The molecule has 110 valence electrons. The molecule has 0 spiro atoms. The van der Waals surface area contributed by atoms with Gasteiger partial charge >= 0.3 is 0 Å². The molecule has 1 heterocycles. The molecule has 1 saturated heterocycles. The molecule has 0 bridgehead atoms. The molecule has 0 aromatic heterocycles. The fourth-order valence-electron chi connectivity index (χ4n) is 2.97. The van der Waals surface area contributed by atoms with E-state index in [4.69, 9.17) is 4.74 Å². The number of ether oxygens (including phenoxy) is 1. The van der Waals surface area contributed by atoms with Crippen molar-refractivity contribution >= 4 is 5.69 Å². The summed E-state index contributed by atoms with van der Waals surface area (Å²) in [4.78, 5) is 2.03. The third-order valence-corrected chi connectivity index (χ3v) is 4.36. The van der Waals surface area contributed by atoms with Crippen molar-refractivity contribution in [3.8, 4) is 0 Å². The zero-order valence-corrected chi connectivity index (χ0v) is 12.1. The van der Waals surface area contributed by atoms with Gasteiger partial charge in [-0.25, -0.2) is 4.39 Å². The molecule has 0 amide bonds. The van der Waals surface area contributed by atoms with Gasteiger partial charge in [0.05, 0.1) is 12.3 Å². The Morgan fingerprint density at radius 3 is 2.85 bits per heavy atom. The van der Waals surface area contributed by atoms with Gasteiger partial charge in [-0.1, -0.05) is 12.1 Å². The zero-order valence-electron chi connectivity index (χ0n) is 12.1. The van der Waals surface area contributed by atoms with Crippen LogP contribution >= 0.6 is 0 Å². The Kier molecular flexibility index (Phi) is 3.94. The van der Waals surface area contributed by atoms with E-state index >= 15 is 0 Å². The molecule has 1 aliphatic heterocycles. The average Bonchev–Trinajstić information content (AvgIpc) is 3.17. The number of rotatable bonds is 6. The Hall–Kier alpha value is -1.13.